The first kappa shape index (κ1) is 18.6. The van der Waals surface area contributed by atoms with Crippen molar-refractivity contribution in [3.63, 3.8) is 0 Å². The molecule has 29 heavy (non-hydrogen) atoms. The van der Waals surface area contributed by atoms with Crippen LogP contribution in [0.3, 0.4) is 0 Å². The summed E-state index contributed by atoms with van der Waals surface area (Å²) in [5, 5.41) is 2.57. The number of carbonyl (C=O) groups is 2. The molecule has 0 aromatic heterocycles. The van der Waals surface area contributed by atoms with Crippen LogP contribution < -0.4 is 14.8 Å². The molecule has 150 valence electrons. The molecule has 1 atom stereocenters. The molecule has 0 bridgehead atoms. The molecule has 0 radical (unpaired) electrons. The van der Waals surface area contributed by atoms with Crippen molar-refractivity contribution in [3.05, 3.63) is 53.1 Å². The van der Waals surface area contributed by atoms with Crippen LogP contribution in [0.25, 0.3) is 0 Å². The minimum Gasteiger partial charge on any atom is -0.454 e. The maximum Gasteiger partial charge on any atom is 0.242 e. The van der Waals surface area contributed by atoms with Gasteiger partial charge in [-0.1, -0.05) is 31.4 Å². The van der Waals surface area contributed by atoms with Gasteiger partial charge in [0.25, 0.3) is 0 Å². The Labute approximate surface area is 174 Å². The number of ketones is 1. The fourth-order valence-corrected chi connectivity index (χ4v) is 5.53. The van der Waals surface area contributed by atoms with E-state index in [-0.39, 0.29) is 18.5 Å². The van der Waals surface area contributed by atoms with E-state index in [9.17, 15) is 9.59 Å². The lowest BCUT2D eigenvalue weighted by Crippen LogP contribution is -2.26. The number of benzene rings is 2. The molecule has 6 heteroatoms. The summed E-state index contributed by atoms with van der Waals surface area (Å²) in [6.45, 7) is 0.198. The standard InChI is InChI=1S/C23H23NO4S/c25-19-12-29-22(23(26)24-16-7-9-20-21(11-16)28-13-27-20)17-8-6-15(10-18(17)19)14-4-2-1-3-5-14/h6-11,14,22H,1-5,12-13H2,(H,24,26). The van der Waals surface area contributed by atoms with Gasteiger partial charge < -0.3 is 14.8 Å². The Morgan fingerprint density at radius 3 is 2.69 bits per heavy atom. The van der Waals surface area contributed by atoms with Crippen molar-refractivity contribution in [2.24, 2.45) is 0 Å². The largest absolute Gasteiger partial charge is 0.454 e. The summed E-state index contributed by atoms with van der Waals surface area (Å²) in [5.41, 5.74) is 3.46. The Kier molecular flexibility index (Phi) is 4.96. The van der Waals surface area contributed by atoms with Crippen molar-refractivity contribution < 1.29 is 19.1 Å². The molecule has 3 aliphatic rings. The quantitative estimate of drug-likeness (QED) is 0.767. The van der Waals surface area contributed by atoms with Gasteiger partial charge in [0, 0.05) is 17.3 Å². The number of Topliss-reactive ketones (excluding diaryl/α,β-unsaturated/α-hetero) is 1. The highest BCUT2D eigenvalue weighted by atomic mass is 32.2. The van der Waals surface area contributed by atoms with E-state index in [0.29, 0.717) is 28.9 Å². The van der Waals surface area contributed by atoms with Crippen LogP contribution in [0, 0.1) is 0 Å². The van der Waals surface area contributed by atoms with Gasteiger partial charge >= 0.3 is 0 Å². The number of anilines is 1. The number of fused-ring (bicyclic) bond motifs is 2. The van der Waals surface area contributed by atoms with Gasteiger partial charge in [0.05, 0.1) is 5.75 Å². The van der Waals surface area contributed by atoms with Gasteiger partial charge in [0.1, 0.15) is 5.25 Å². The van der Waals surface area contributed by atoms with Crippen LogP contribution in [0.15, 0.2) is 36.4 Å². The van der Waals surface area contributed by atoms with Gasteiger partial charge in [-0.2, -0.15) is 0 Å². The van der Waals surface area contributed by atoms with Gasteiger partial charge in [0.15, 0.2) is 17.3 Å². The smallest absolute Gasteiger partial charge is 0.242 e. The predicted molar refractivity (Wildman–Crippen MR) is 113 cm³/mol. The lowest BCUT2D eigenvalue weighted by molar-refractivity contribution is -0.115. The SMILES string of the molecule is O=C1CSC(C(=O)Nc2ccc3c(c2)OCO3)c2ccc(C3CCCCC3)cc21. The van der Waals surface area contributed by atoms with Crippen molar-refractivity contribution in [2.45, 2.75) is 43.3 Å². The summed E-state index contributed by atoms with van der Waals surface area (Å²) in [7, 11) is 0. The van der Waals surface area contributed by atoms with E-state index in [4.69, 9.17) is 9.47 Å². The van der Waals surface area contributed by atoms with Crippen LogP contribution in [0.4, 0.5) is 5.69 Å². The third kappa shape index (κ3) is 3.62. The Morgan fingerprint density at radius 2 is 1.83 bits per heavy atom. The summed E-state index contributed by atoms with van der Waals surface area (Å²) in [6, 6.07) is 11.5. The molecule has 1 unspecified atom stereocenters. The van der Waals surface area contributed by atoms with Crippen LogP contribution in [0.1, 0.15) is 64.8 Å². The first-order valence-electron chi connectivity index (χ1n) is 10.2. The van der Waals surface area contributed by atoms with E-state index >= 15 is 0 Å². The highest BCUT2D eigenvalue weighted by Gasteiger charge is 2.32. The van der Waals surface area contributed by atoms with Crippen LogP contribution in [-0.4, -0.2) is 24.2 Å². The molecule has 2 heterocycles. The second-order valence-electron chi connectivity index (χ2n) is 7.85. The van der Waals surface area contributed by atoms with Gasteiger partial charge in [-0.25, -0.2) is 0 Å². The summed E-state index contributed by atoms with van der Waals surface area (Å²) in [5.74, 6) is 2.19. The topological polar surface area (TPSA) is 64.6 Å². The molecular weight excluding hydrogens is 386 g/mol. The lowest BCUT2D eigenvalue weighted by atomic mass is 9.82. The first-order valence-corrected chi connectivity index (χ1v) is 11.2. The highest BCUT2D eigenvalue weighted by molar-refractivity contribution is 8.01. The molecule has 2 aromatic rings. The number of ether oxygens (including phenoxy) is 2. The second kappa shape index (κ2) is 7.75. The summed E-state index contributed by atoms with van der Waals surface area (Å²) in [4.78, 5) is 25.6. The van der Waals surface area contributed by atoms with E-state index in [1.165, 1.54) is 49.4 Å². The van der Waals surface area contributed by atoms with Gasteiger partial charge in [-0.05, 0) is 48.1 Å². The Morgan fingerprint density at radius 1 is 1.00 bits per heavy atom. The predicted octanol–water partition coefficient (Wildman–Crippen LogP) is 5.07. The zero-order valence-corrected chi connectivity index (χ0v) is 16.9. The molecular formula is C23H23NO4S. The lowest BCUT2D eigenvalue weighted by Gasteiger charge is -2.27. The van der Waals surface area contributed by atoms with Crippen LogP contribution >= 0.6 is 11.8 Å². The maximum atomic E-state index is 13.0. The molecule has 5 rings (SSSR count). The average Bonchev–Trinajstić information content (AvgIpc) is 3.22. The molecule has 5 nitrogen and oxygen atoms in total. The second-order valence-corrected chi connectivity index (χ2v) is 8.95. The van der Waals surface area contributed by atoms with Crippen molar-refractivity contribution in [3.8, 4) is 11.5 Å². The zero-order valence-electron chi connectivity index (χ0n) is 16.1. The number of rotatable bonds is 3. The number of carbonyl (C=O) groups excluding carboxylic acids is 2. The third-order valence-electron chi connectivity index (χ3n) is 6.00. The minimum absolute atomic E-state index is 0.118. The normalized spacial score (nSPS) is 21.0. The average molecular weight is 410 g/mol. The molecule has 1 aliphatic carbocycles. The van der Waals surface area contributed by atoms with Crippen molar-refractivity contribution in [1.29, 1.82) is 0 Å². The minimum atomic E-state index is -0.395. The molecule has 2 aromatic carbocycles. The molecule has 0 spiro atoms. The van der Waals surface area contributed by atoms with Crippen molar-refractivity contribution in [2.75, 3.05) is 17.9 Å². The monoisotopic (exact) mass is 409 g/mol. The van der Waals surface area contributed by atoms with Gasteiger partial charge in [0.2, 0.25) is 12.7 Å². The summed E-state index contributed by atoms with van der Waals surface area (Å²) >= 11 is 1.39. The molecule has 1 N–H and O–H groups in total. The van der Waals surface area contributed by atoms with E-state index in [1.54, 1.807) is 18.2 Å². The Hall–Kier alpha value is -2.47. The van der Waals surface area contributed by atoms with Crippen molar-refractivity contribution >= 4 is 29.1 Å². The number of hydrogen-bond acceptors (Lipinski definition) is 5. The molecule has 1 amide bonds. The van der Waals surface area contributed by atoms with Gasteiger partial charge in [-0.15, -0.1) is 11.8 Å². The first-order chi connectivity index (χ1) is 14.2. The van der Waals surface area contributed by atoms with Crippen LogP contribution in [-0.2, 0) is 4.79 Å². The fourth-order valence-electron chi connectivity index (χ4n) is 4.46. The molecule has 1 fully saturated rings. The molecule has 0 saturated heterocycles. The molecule has 2 aliphatic heterocycles. The number of hydrogen-bond donors (Lipinski definition) is 1. The molecule has 1 saturated carbocycles. The number of nitrogens with one attached hydrogen (secondary N) is 1. The summed E-state index contributed by atoms with van der Waals surface area (Å²) in [6.07, 6.45) is 6.20. The fraction of sp³-hybridized carbons (Fsp3) is 0.391. The van der Waals surface area contributed by atoms with Gasteiger partial charge in [-0.3, -0.25) is 9.59 Å². The van der Waals surface area contributed by atoms with Crippen molar-refractivity contribution in [1.82, 2.24) is 0 Å². The van der Waals surface area contributed by atoms with E-state index in [2.05, 4.69) is 11.4 Å². The Bertz CT molecular complexity index is 967. The number of thioether (sulfide) groups is 1. The Balaban J connectivity index is 1.38. The third-order valence-corrected chi connectivity index (χ3v) is 7.23. The van der Waals surface area contributed by atoms with E-state index in [0.717, 1.165) is 11.1 Å². The highest BCUT2D eigenvalue weighted by Crippen LogP contribution is 2.41. The number of amides is 1. The summed E-state index contributed by atoms with van der Waals surface area (Å²) < 4.78 is 10.7. The maximum absolute atomic E-state index is 13.0. The van der Waals surface area contributed by atoms with Crippen LogP contribution in [0.2, 0.25) is 0 Å². The zero-order chi connectivity index (χ0) is 19.8. The van der Waals surface area contributed by atoms with E-state index in [1.807, 2.05) is 12.1 Å². The van der Waals surface area contributed by atoms with Crippen LogP contribution in [0.5, 0.6) is 11.5 Å². The van der Waals surface area contributed by atoms with E-state index < -0.39 is 5.25 Å².